The summed E-state index contributed by atoms with van der Waals surface area (Å²) in [6, 6.07) is 9.18. The monoisotopic (exact) mass is 250 g/mol. The molecular weight excluding hydrogens is 224 g/mol. The van der Waals surface area contributed by atoms with E-state index in [2.05, 4.69) is 57.7 Å². The van der Waals surface area contributed by atoms with Crippen LogP contribution in [0.4, 0.5) is 0 Å². The van der Waals surface area contributed by atoms with E-state index < -0.39 is 0 Å². The summed E-state index contributed by atoms with van der Waals surface area (Å²) >= 11 is 4.26. The first-order valence-corrected chi connectivity index (χ1v) is 7.52. The molecule has 0 N–H and O–H groups in total. The topological polar surface area (TPSA) is 0 Å². The molecule has 1 rings (SSSR count). The molecule has 1 aromatic carbocycles. The Balaban J connectivity index is 2.70. The third-order valence-corrected chi connectivity index (χ3v) is 3.81. The first-order chi connectivity index (χ1) is 8.19. The Labute approximate surface area is 112 Å². The number of thiol groups is 1. The second-order valence-electron chi connectivity index (χ2n) is 5.18. The van der Waals surface area contributed by atoms with Gasteiger partial charge in [-0.25, -0.2) is 0 Å². The summed E-state index contributed by atoms with van der Waals surface area (Å²) in [5.74, 6) is 2.44. The van der Waals surface area contributed by atoms with Gasteiger partial charge in [0.15, 0.2) is 0 Å². The minimum Gasteiger partial charge on any atom is -0.179 e. The zero-order valence-corrected chi connectivity index (χ0v) is 12.3. The lowest BCUT2D eigenvalue weighted by molar-refractivity contribution is 0.485. The van der Waals surface area contributed by atoms with Gasteiger partial charge in [-0.15, -0.1) is 0 Å². The van der Waals surface area contributed by atoms with Crippen LogP contribution < -0.4 is 0 Å². The first kappa shape index (κ1) is 14.6. The molecule has 0 heterocycles. The van der Waals surface area contributed by atoms with E-state index in [-0.39, 0.29) is 0 Å². The van der Waals surface area contributed by atoms with E-state index in [1.54, 1.807) is 0 Å². The largest absolute Gasteiger partial charge is 0.179 e. The fourth-order valence-electron chi connectivity index (χ4n) is 2.51. The fourth-order valence-corrected chi connectivity index (χ4v) is 2.74. The number of aryl methyl sites for hydroxylation is 1. The van der Waals surface area contributed by atoms with Crippen molar-refractivity contribution in [3.8, 4) is 0 Å². The van der Waals surface area contributed by atoms with Crippen LogP contribution in [0.2, 0.25) is 0 Å². The Morgan fingerprint density at radius 3 is 2.53 bits per heavy atom. The molecule has 1 atom stereocenters. The SMILES string of the molecule is CCC(c1cccc(CCCCS)c1)C(C)C. The highest BCUT2D eigenvalue weighted by atomic mass is 32.1. The van der Waals surface area contributed by atoms with E-state index in [1.165, 1.54) is 36.8 Å². The number of hydrogen-bond donors (Lipinski definition) is 1. The molecule has 0 radical (unpaired) electrons. The van der Waals surface area contributed by atoms with Crippen molar-refractivity contribution in [2.24, 2.45) is 5.92 Å². The fraction of sp³-hybridized carbons (Fsp3) is 0.625. The van der Waals surface area contributed by atoms with E-state index >= 15 is 0 Å². The lowest BCUT2D eigenvalue weighted by Gasteiger charge is -2.20. The van der Waals surface area contributed by atoms with Gasteiger partial charge in [0.1, 0.15) is 0 Å². The molecule has 0 bridgehead atoms. The van der Waals surface area contributed by atoms with E-state index in [9.17, 15) is 0 Å². The van der Waals surface area contributed by atoms with E-state index in [0.717, 1.165) is 11.7 Å². The van der Waals surface area contributed by atoms with Gasteiger partial charge in [0.25, 0.3) is 0 Å². The van der Waals surface area contributed by atoms with Crippen LogP contribution in [0.25, 0.3) is 0 Å². The van der Waals surface area contributed by atoms with Crippen molar-refractivity contribution in [2.45, 2.75) is 52.4 Å². The Morgan fingerprint density at radius 2 is 1.94 bits per heavy atom. The van der Waals surface area contributed by atoms with Crippen molar-refractivity contribution in [3.63, 3.8) is 0 Å². The Morgan fingerprint density at radius 1 is 1.18 bits per heavy atom. The Bertz CT molecular complexity index is 317. The Kier molecular flexibility index (Phi) is 6.72. The summed E-state index contributed by atoms with van der Waals surface area (Å²) in [4.78, 5) is 0. The molecule has 0 aliphatic rings. The molecule has 0 aliphatic heterocycles. The molecule has 0 spiro atoms. The van der Waals surface area contributed by atoms with Gasteiger partial charge < -0.3 is 0 Å². The molecule has 0 aliphatic carbocycles. The lowest BCUT2D eigenvalue weighted by atomic mass is 9.85. The minimum absolute atomic E-state index is 0.708. The lowest BCUT2D eigenvalue weighted by Crippen LogP contribution is -2.05. The Hall–Kier alpha value is -0.430. The molecule has 0 amide bonds. The number of benzene rings is 1. The summed E-state index contributed by atoms with van der Waals surface area (Å²) in [6.07, 6.45) is 4.90. The highest BCUT2D eigenvalue weighted by Gasteiger charge is 2.13. The van der Waals surface area contributed by atoms with Crippen molar-refractivity contribution in [3.05, 3.63) is 35.4 Å². The van der Waals surface area contributed by atoms with Crippen molar-refractivity contribution in [1.29, 1.82) is 0 Å². The van der Waals surface area contributed by atoms with Crippen LogP contribution in [-0.2, 0) is 6.42 Å². The zero-order valence-electron chi connectivity index (χ0n) is 11.4. The maximum atomic E-state index is 4.26. The quantitative estimate of drug-likeness (QED) is 0.506. The van der Waals surface area contributed by atoms with Gasteiger partial charge in [0.2, 0.25) is 0 Å². The van der Waals surface area contributed by atoms with Crippen LogP contribution in [0.1, 0.15) is 57.1 Å². The number of hydrogen-bond acceptors (Lipinski definition) is 1. The molecular formula is C16H26S. The summed E-state index contributed by atoms with van der Waals surface area (Å²) in [7, 11) is 0. The molecule has 1 aromatic rings. The van der Waals surface area contributed by atoms with Crippen LogP contribution in [-0.4, -0.2) is 5.75 Å². The second-order valence-corrected chi connectivity index (χ2v) is 5.63. The molecule has 0 aromatic heterocycles. The predicted octanol–water partition coefficient (Wildman–Crippen LogP) is 5.09. The van der Waals surface area contributed by atoms with Gasteiger partial charge in [-0.2, -0.15) is 12.6 Å². The molecule has 0 saturated heterocycles. The smallest absolute Gasteiger partial charge is 0.00978 e. The number of rotatable bonds is 7. The molecule has 1 heteroatoms. The molecule has 96 valence electrons. The zero-order chi connectivity index (χ0) is 12.7. The molecule has 0 saturated carbocycles. The van der Waals surface area contributed by atoms with Gasteiger partial charge in [-0.1, -0.05) is 45.0 Å². The van der Waals surface area contributed by atoms with E-state index in [4.69, 9.17) is 0 Å². The summed E-state index contributed by atoms with van der Waals surface area (Å²) < 4.78 is 0. The number of unbranched alkanes of at least 4 members (excludes halogenated alkanes) is 1. The van der Waals surface area contributed by atoms with Gasteiger partial charge in [-0.3, -0.25) is 0 Å². The van der Waals surface area contributed by atoms with Crippen LogP contribution >= 0.6 is 12.6 Å². The van der Waals surface area contributed by atoms with Gasteiger partial charge in [0, 0.05) is 0 Å². The van der Waals surface area contributed by atoms with Crippen molar-refractivity contribution < 1.29 is 0 Å². The molecule has 0 nitrogen and oxygen atoms in total. The van der Waals surface area contributed by atoms with Gasteiger partial charge >= 0.3 is 0 Å². The van der Waals surface area contributed by atoms with Crippen LogP contribution in [0, 0.1) is 5.92 Å². The highest BCUT2D eigenvalue weighted by Crippen LogP contribution is 2.28. The maximum Gasteiger partial charge on any atom is -0.00978 e. The molecule has 1 unspecified atom stereocenters. The highest BCUT2D eigenvalue weighted by molar-refractivity contribution is 7.80. The standard InChI is InChI=1S/C16H26S/c1-4-16(13(2)3)15-10-7-9-14(12-15)8-5-6-11-17/h7,9-10,12-13,16-17H,4-6,8,11H2,1-3H3. The normalized spacial score (nSPS) is 13.0. The summed E-state index contributed by atoms with van der Waals surface area (Å²) in [5, 5.41) is 0. The van der Waals surface area contributed by atoms with E-state index in [0.29, 0.717) is 5.92 Å². The second kappa shape index (κ2) is 7.81. The molecule has 0 fully saturated rings. The van der Waals surface area contributed by atoms with Crippen molar-refractivity contribution in [1.82, 2.24) is 0 Å². The maximum absolute atomic E-state index is 4.26. The van der Waals surface area contributed by atoms with Crippen LogP contribution in [0.3, 0.4) is 0 Å². The first-order valence-electron chi connectivity index (χ1n) is 6.88. The average Bonchev–Trinajstić information content (AvgIpc) is 2.30. The average molecular weight is 250 g/mol. The van der Waals surface area contributed by atoms with Crippen LogP contribution in [0.5, 0.6) is 0 Å². The molecule has 17 heavy (non-hydrogen) atoms. The van der Waals surface area contributed by atoms with Crippen LogP contribution in [0.15, 0.2) is 24.3 Å². The minimum atomic E-state index is 0.708. The predicted molar refractivity (Wildman–Crippen MR) is 81.1 cm³/mol. The third-order valence-electron chi connectivity index (χ3n) is 3.50. The summed E-state index contributed by atoms with van der Waals surface area (Å²) in [5.41, 5.74) is 3.01. The summed E-state index contributed by atoms with van der Waals surface area (Å²) in [6.45, 7) is 6.93. The van der Waals surface area contributed by atoms with E-state index in [1.807, 2.05) is 0 Å². The van der Waals surface area contributed by atoms with Crippen molar-refractivity contribution >= 4 is 12.6 Å². The van der Waals surface area contributed by atoms with Gasteiger partial charge in [-0.05, 0) is 54.4 Å². The van der Waals surface area contributed by atoms with Gasteiger partial charge in [0.05, 0.1) is 0 Å². The third kappa shape index (κ3) is 4.75. The van der Waals surface area contributed by atoms with Crippen molar-refractivity contribution in [2.75, 3.05) is 5.75 Å².